The Bertz CT molecular complexity index is 362. The average Bonchev–Trinajstić information content (AvgIpc) is 2.36. The summed E-state index contributed by atoms with van der Waals surface area (Å²) in [6.07, 6.45) is 3.57. The van der Waals surface area contributed by atoms with Gasteiger partial charge in [0.2, 0.25) is 0 Å². The van der Waals surface area contributed by atoms with Gasteiger partial charge in [0.05, 0.1) is 12.7 Å². The van der Waals surface area contributed by atoms with Gasteiger partial charge in [0, 0.05) is 20.1 Å². The van der Waals surface area contributed by atoms with Crippen molar-refractivity contribution in [1.29, 1.82) is 0 Å². The minimum atomic E-state index is -0.318. The zero-order valence-corrected chi connectivity index (χ0v) is 10.3. The molecule has 0 aromatic heterocycles. The first kappa shape index (κ1) is 12.4. The molecule has 94 valence electrons. The Labute approximate surface area is 102 Å². The zero-order valence-electron chi connectivity index (χ0n) is 10.3. The van der Waals surface area contributed by atoms with Gasteiger partial charge >= 0.3 is 0 Å². The third-order valence-electron chi connectivity index (χ3n) is 3.16. The fourth-order valence-electron chi connectivity index (χ4n) is 2.24. The summed E-state index contributed by atoms with van der Waals surface area (Å²) in [4.78, 5) is 0. The van der Waals surface area contributed by atoms with Crippen LogP contribution in [-0.4, -0.2) is 25.4 Å². The van der Waals surface area contributed by atoms with Crippen LogP contribution < -0.4 is 4.74 Å². The molecule has 3 heteroatoms. The van der Waals surface area contributed by atoms with E-state index >= 15 is 0 Å². The maximum absolute atomic E-state index is 9.92. The quantitative estimate of drug-likeness (QED) is 0.798. The fourth-order valence-corrected chi connectivity index (χ4v) is 2.24. The van der Waals surface area contributed by atoms with Gasteiger partial charge < -0.3 is 14.6 Å². The summed E-state index contributed by atoms with van der Waals surface area (Å²) in [5.41, 5.74) is 2.30. The maximum atomic E-state index is 9.92. The van der Waals surface area contributed by atoms with E-state index in [1.807, 2.05) is 12.1 Å². The first-order valence-corrected chi connectivity index (χ1v) is 6.24. The number of fused-ring (bicyclic) bond motifs is 1. The lowest BCUT2D eigenvalue weighted by Gasteiger charge is -2.21. The van der Waals surface area contributed by atoms with Crippen LogP contribution >= 0.6 is 0 Å². The highest BCUT2D eigenvalue weighted by molar-refractivity contribution is 5.38. The molecule has 0 aliphatic heterocycles. The summed E-state index contributed by atoms with van der Waals surface area (Å²) in [6.45, 7) is 1.37. The highest BCUT2D eigenvalue weighted by Crippen LogP contribution is 2.32. The molecule has 0 amide bonds. The zero-order chi connectivity index (χ0) is 12.1. The van der Waals surface area contributed by atoms with Crippen molar-refractivity contribution >= 4 is 0 Å². The normalized spacial score (nSPS) is 18.8. The van der Waals surface area contributed by atoms with Gasteiger partial charge in [-0.2, -0.15) is 0 Å². The van der Waals surface area contributed by atoms with Gasteiger partial charge in [-0.05, 0) is 42.5 Å². The molecule has 0 bridgehead atoms. The number of benzene rings is 1. The van der Waals surface area contributed by atoms with Crippen LogP contribution in [0.3, 0.4) is 0 Å². The van der Waals surface area contributed by atoms with E-state index < -0.39 is 0 Å². The van der Waals surface area contributed by atoms with Crippen molar-refractivity contribution in [2.24, 2.45) is 0 Å². The molecule has 2 rings (SSSR count). The Morgan fingerprint density at radius 2 is 2.24 bits per heavy atom. The molecular weight excluding hydrogens is 216 g/mol. The average molecular weight is 236 g/mol. The molecule has 1 N–H and O–H groups in total. The topological polar surface area (TPSA) is 38.7 Å². The van der Waals surface area contributed by atoms with Crippen LogP contribution in [-0.2, 0) is 11.2 Å². The molecule has 1 atom stereocenters. The predicted molar refractivity (Wildman–Crippen MR) is 66.3 cm³/mol. The summed E-state index contributed by atoms with van der Waals surface area (Å²) >= 11 is 0. The number of methoxy groups -OCH3 is 1. The molecule has 1 aliphatic carbocycles. The Kier molecular flexibility index (Phi) is 4.40. The van der Waals surface area contributed by atoms with E-state index in [0.29, 0.717) is 13.2 Å². The van der Waals surface area contributed by atoms with Crippen LogP contribution in [0.15, 0.2) is 18.2 Å². The van der Waals surface area contributed by atoms with E-state index in [1.54, 1.807) is 7.11 Å². The summed E-state index contributed by atoms with van der Waals surface area (Å²) < 4.78 is 10.6. The molecule has 0 saturated heterocycles. The Morgan fingerprint density at radius 3 is 3.06 bits per heavy atom. The smallest absolute Gasteiger partial charge is 0.119 e. The van der Waals surface area contributed by atoms with E-state index in [1.165, 1.54) is 5.56 Å². The molecule has 0 saturated carbocycles. The first-order valence-electron chi connectivity index (χ1n) is 6.24. The molecule has 0 radical (unpaired) electrons. The van der Waals surface area contributed by atoms with Crippen LogP contribution in [0, 0.1) is 0 Å². The van der Waals surface area contributed by atoms with Gasteiger partial charge in [-0.15, -0.1) is 0 Å². The molecule has 1 aromatic rings. The summed E-state index contributed by atoms with van der Waals surface area (Å²) in [7, 11) is 1.69. The second-order valence-corrected chi connectivity index (χ2v) is 4.46. The van der Waals surface area contributed by atoms with E-state index in [4.69, 9.17) is 9.47 Å². The lowest BCUT2D eigenvalue weighted by Crippen LogP contribution is -2.09. The van der Waals surface area contributed by atoms with E-state index in [2.05, 4.69) is 6.07 Å². The number of aliphatic hydroxyl groups is 1. The standard InChI is InChI=1S/C14H20O3/c1-16-8-3-9-17-12-7-6-11-4-2-5-14(15)13(11)10-12/h6-7,10,14-15H,2-5,8-9H2,1H3/t14-/m1/s1. The van der Waals surface area contributed by atoms with Gasteiger partial charge in [-0.3, -0.25) is 0 Å². The van der Waals surface area contributed by atoms with Crippen molar-refractivity contribution in [1.82, 2.24) is 0 Å². The molecule has 0 heterocycles. The number of hydrogen-bond donors (Lipinski definition) is 1. The van der Waals surface area contributed by atoms with Gasteiger partial charge in [-0.25, -0.2) is 0 Å². The number of aliphatic hydroxyl groups excluding tert-OH is 1. The maximum Gasteiger partial charge on any atom is 0.119 e. The largest absolute Gasteiger partial charge is 0.493 e. The Hall–Kier alpha value is -1.06. The van der Waals surface area contributed by atoms with Gasteiger partial charge in [0.25, 0.3) is 0 Å². The number of ether oxygens (including phenoxy) is 2. The number of hydrogen-bond acceptors (Lipinski definition) is 3. The molecule has 0 unspecified atom stereocenters. The third-order valence-corrected chi connectivity index (χ3v) is 3.16. The molecule has 17 heavy (non-hydrogen) atoms. The van der Waals surface area contributed by atoms with Crippen LogP contribution in [0.5, 0.6) is 5.75 Å². The Morgan fingerprint density at radius 1 is 1.35 bits per heavy atom. The molecule has 1 aliphatic rings. The lowest BCUT2D eigenvalue weighted by atomic mass is 9.89. The summed E-state index contributed by atoms with van der Waals surface area (Å²) in [5, 5.41) is 9.92. The third kappa shape index (κ3) is 3.20. The molecular formula is C14H20O3. The van der Waals surface area contributed by atoms with Crippen LogP contribution in [0.1, 0.15) is 36.5 Å². The van der Waals surface area contributed by atoms with Crippen molar-refractivity contribution in [3.05, 3.63) is 29.3 Å². The summed E-state index contributed by atoms with van der Waals surface area (Å²) in [6, 6.07) is 6.04. The van der Waals surface area contributed by atoms with E-state index in [9.17, 15) is 5.11 Å². The van der Waals surface area contributed by atoms with Crippen LogP contribution in [0.2, 0.25) is 0 Å². The SMILES string of the molecule is COCCCOc1ccc2c(c1)[C@H](O)CCC2. The van der Waals surface area contributed by atoms with E-state index in [0.717, 1.165) is 37.0 Å². The van der Waals surface area contributed by atoms with Crippen LogP contribution in [0.4, 0.5) is 0 Å². The van der Waals surface area contributed by atoms with Gasteiger partial charge in [0.15, 0.2) is 0 Å². The monoisotopic (exact) mass is 236 g/mol. The Balaban J connectivity index is 1.97. The van der Waals surface area contributed by atoms with Crippen molar-refractivity contribution in [3.8, 4) is 5.75 Å². The summed E-state index contributed by atoms with van der Waals surface area (Å²) in [5.74, 6) is 0.848. The highest BCUT2D eigenvalue weighted by Gasteiger charge is 2.18. The second kappa shape index (κ2) is 6.03. The van der Waals surface area contributed by atoms with Crippen molar-refractivity contribution in [2.45, 2.75) is 31.8 Å². The highest BCUT2D eigenvalue weighted by atomic mass is 16.5. The minimum absolute atomic E-state index is 0.318. The molecule has 0 spiro atoms. The van der Waals surface area contributed by atoms with Crippen LogP contribution in [0.25, 0.3) is 0 Å². The van der Waals surface area contributed by atoms with Crippen molar-refractivity contribution in [2.75, 3.05) is 20.3 Å². The van der Waals surface area contributed by atoms with E-state index in [-0.39, 0.29) is 6.10 Å². The number of rotatable bonds is 5. The molecule has 1 aromatic carbocycles. The van der Waals surface area contributed by atoms with Crippen molar-refractivity contribution < 1.29 is 14.6 Å². The molecule has 0 fully saturated rings. The first-order chi connectivity index (χ1) is 8.31. The fraction of sp³-hybridized carbons (Fsp3) is 0.571. The minimum Gasteiger partial charge on any atom is -0.493 e. The van der Waals surface area contributed by atoms with Crippen molar-refractivity contribution in [3.63, 3.8) is 0 Å². The molecule has 3 nitrogen and oxygen atoms in total. The number of aryl methyl sites for hydroxylation is 1. The lowest BCUT2D eigenvalue weighted by molar-refractivity contribution is 0.155. The predicted octanol–water partition coefficient (Wildman–Crippen LogP) is 2.47. The van der Waals surface area contributed by atoms with Gasteiger partial charge in [0.1, 0.15) is 5.75 Å². The second-order valence-electron chi connectivity index (χ2n) is 4.46. The van der Waals surface area contributed by atoms with Gasteiger partial charge in [-0.1, -0.05) is 6.07 Å².